The zero-order valence-electron chi connectivity index (χ0n) is 29.9. The topological polar surface area (TPSA) is 108 Å². The summed E-state index contributed by atoms with van der Waals surface area (Å²) in [6.07, 6.45) is 0.518. The van der Waals surface area contributed by atoms with Crippen LogP contribution in [-0.4, -0.2) is 46.0 Å². The third-order valence-electron chi connectivity index (χ3n) is 6.20. The Labute approximate surface area is 286 Å². The second kappa shape index (κ2) is 15.5. The van der Waals surface area contributed by atoms with Crippen molar-refractivity contribution >= 4 is 52.1 Å². The number of carbonyl (C=O) groups is 1. The molecule has 0 bridgehead atoms. The van der Waals surface area contributed by atoms with Crippen molar-refractivity contribution < 1.29 is 37.8 Å². The first kappa shape index (κ1) is 28.8. The Morgan fingerprint density at radius 3 is 2.72 bits per heavy atom. The van der Waals surface area contributed by atoms with E-state index in [1.807, 2.05) is 0 Å². The molecule has 0 aliphatic heterocycles. The predicted molar refractivity (Wildman–Crippen MR) is 180 cm³/mol. The Morgan fingerprint density at radius 1 is 1.11 bits per heavy atom. The number of fused-ring (bicyclic) bond motifs is 1. The number of aromatic nitrogens is 2. The number of hydrogen-bond acceptors (Lipinski definition) is 10. The highest BCUT2D eigenvalue weighted by atomic mass is 35.5. The Hall–Kier alpha value is -4.36. The third kappa shape index (κ3) is 9.58. The molecule has 2 aromatic heterocycles. The molecule has 13 heteroatoms. The zero-order chi connectivity index (χ0) is 37.0. The molecule has 0 fully saturated rings. The minimum Gasteiger partial charge on any atom is -0.487 e. The predicted octanol–water partition coefficient (Wildman–Crippen LogP) is 8.97. The number of nitrogens with one attached hydrogen (secondary N) is 1. The summed E-state index contributed by atoms with van der Waals surface area (Å²) in [5, 5.41) is 3.89. The summed E-state index contributed by atoms with van der Waals surface area (Å²) in [4.78, 5) is 27.3. The lowest BCUT2D eigenvalue weighted by Gasteiger charge is -2.26. The number of rotatable bonds is 13. The Balaban J connectivity index is 1.38. The fourth-order valence-electron chi connectivity index (χ4n) is 4.18. The number of hydrogen-bond donors (Lipinski definition) is 1. The van der Waals surface area contributed by atoms with Crippen molar-refractivity contribution in [1.29, 1.82) is 0 Å². The lowest BCUT2D eigenvalue weighted by atomic mass is 10.1. The highest BCUT2D eigenvalue weighted by molar-refractivity contribution is 7.94. The largest absolute Gasteiger partial charge is 0.487 e. The van der Waals surface area contributed by atoms with Gasteiger partial charge in [-0.05, 0) is 87.0 Å². The van der Waals surface area contributed by atoms with Gasteiger partial charge < -0.3 is 19.2 Å². The Morgan fingerprint density at radius 2 is 1.96 bits per heavy atom. The molecule has 0 radical (unpaired) electrons. The molecule has 3 aromatic carbocycles. The molecule has 5 rings (SSSR count). The van der Waals surface area contributed by atoms with Crippen molar-refractivity contribution in [1.82, 2.24) is 14.9 Å². The fraction of sp³-hybridized carbons (Fsp3) is 0.265. The third-order valence-corrected chi connectivity index (χ3v) is 7.07. The molecule has 2 heterocycles. The van der Waals surface area contributed by atoms with Crippen LogP contribution in [0.25, 0.3) is 22.2 Å². The SMILES string of the molecule is [2H]C([2H])(Oc1ccc(Nc2ncnc3ccc(-c4ccc(C([2H])([2H])N(CCSOOC)C(=O)OC(C)(C)C)o4)cc23)cc1Cl)c1cccc(F)c1. The van der Waals surface area contributed by atoms with Crippen molar-refractivity contribution in [3.05, 3.63) is 101 Å². The molecule has 0 aliphatic rings. The molecule has 0 atom stereocenters. The molecule has 1 N–H and O–H groups in total. The average molecular weight is 685 g/mol. The normalized spacial score (nSPS) is 13.3. The van der Waals surface area contributed by atoms with E-state index in [1.54, 1.807) is 51.1 Å². The van der Waals surface area contributed by atoms with E-state index in [9.17, 15) is 9.18 Å². The van der Waals surface area contributed by atoms with Crippen LogP contribution in [0.15, 0.2) is 83.5 Å². The van der Waals surface area contributed by atoms with E-state index < -0.39 is 30.6 Å². The highest BCUT2D eigenvalue weighted by Gasteiger charge is 2.23. The van der Waals surface area contributed by atoms with E-state index in [2.05, 4.69) is 20.2 Å². The fourth-order valence-corrected chi connectivity index (χ4v) is 4.82. The van der Waals surface area contributed by atoms with Gasteiger partial charge in [0.15, 0.2) is 0 Å². The minimum absolute atomic E-state index is 0.00337. The van der Waals surface area contributed by atoms with E-state index in [0.29, 0.717) is 33.7 Å². The summed E-state index contributed by atoms with van der Waals surface area (Å²) >= 11 is 7.38. The average Bonchev–Trinajstić information content (AvgIpc) is 3.57. The Bertz CT molecular complexity index is 2020. The molecule has 47 heavy (non-hydrogen) atoms. The first-order chi connectivity index (χ1) is 24.1. The summed E-state index contributed by atoms with van der Waals surface area (Å²) < 4.78 is 69.8. The number of amides is 1. The molecule has 246 valence electrons. The minimum atomic E-state index is -2.40. The maximum Gasteiger partial charge on any atom is 0.410 e. The number of nitrogens with zero attached hydrogens (tertiary/aromatic N) is 3. The van der Waals surface area contributed by atoms with Gasteiger partial charge in [0, 0.05) is 41.0 Å². The van der Waals surface area contributed by atoms with E-state index in [1.165, 1.54) is 49.8 Å². The van der Waals surface area contributed by atoms with Crippen LogP contribution in [0.3, 0.4) is 0 Å². The van der Waals surface area contributed by atoms with E-state index in [-0.39, 0.29) is 34.4 Å². The second-order valence-electron chi connectivity index (χ2n) is 10.9. The van der Waals surface area contributed by atoms with E-state index in [0.717, 1.165) is 23.0 Å². The maximum absolute atomic E-state index is 13.7. The van der Waals surface area contributed by atoms with Crippen molar-refractivity contribution in [2.24, 2.45) is 0 Å². The Kier molecular flexibility index (Phi) is 9.50. The smallest absolute Gasteiger partial charge is 0.410 e. The van der Waals surface area contributed by atoms with Gasteiger partial charge in [-0.15, -0.1) is 0 Å². The number of ether oxygens (including phenoxy) is 2. The van der Waals surface area contributed by atoms with Crippen LogP contribution in [-0.2, 0) is 27.0 Å². The number of furan rings is 1. The quantitative estimate of drug-likeness (QED) is 0.0559. The second-order valence-corrected chi connectivity index (χ2v) is 12.1. The monoisotopic (exact) mass is 684 g/mol. The van der Waals surface area contributed by atoms with E-state index in [4.69, 9.17) is 35.3 Å². The van der Waals surface area contributed by atoms with Gasteiger partial charge in [0.2, 0.25) is 0 Å². The van der Waals surface area contributed by atoms with Gasteiger partial charge in [-0.2, -0.15) is 4.33 Å². The summed E-state index contributed by atoms with van der Waals surface area (Å²) in [6.45, 7) is 0.246. The molecule has 5 aromatic rings. The molecule has 0 saturated heterocycles. The number of benzene rings is 3. The molecular weight excluding hydrogens is 647 g/mol. The van der Waals surface area contributed by atoms with Crippen LogP contribution in [0, 0.1) is 5.82 Å². The van der Waals surface area contributed by atoms with Crippen molar-refractivity contribution in [2.45, 2.75) is 39.4 Å². The summed E-state index contributed by atoms with van der Waals surface area (Å²) in [6, 6.07) is 18.1. The first-order valence-corrected chi connectivity index (χ1v) is 15.6. The highest BCUT2D eigenvalue weighted by Crippen LogP contribution is 2.33. The van der Waals surface area contributed by atoms with Crippen LogP contribution in [0.4, 0.5) is 20.7 Å². The molecule has 1 amide bonds. The van der Waals surface area contributed by atoms with Gasteiger partial charge >= 0.3 is 6.09 Å². The van der Waals surface area contributed by atoms with Crippen LogP contribution in [0.1, 0.15) is 37.6 Å². The number of anilines is 2. The molecule has 10 nitrogen and oxygen atoms in total. The molecule has 0 aliphatic carbocycles. The molecular formula is C34H34ClFN4O6S. The van der Waals surface area contributed by atoms with Crippen LogP contribution in [0.5, 0.6) is 5.75 Å². The molecule has 0 spiro atoms. The van der Waals surface area contributed by atoms with Crippen molar-refractivity contribution in [3.63, 3.8) is 0 Å². The van der Waals surface area contributed by atoms with Crippen molar-refractivity contribution in [2.75, 3.05) is 24.7 Å². The standard InChI is InChI=1S/C34H34ClFN4O6S/c1-34(2,3)45-33(41)40(14-15-47-46-42-4)19-26-10-13-30(44-26)23-8-11-29-27(17-23)32(38-21-37-29)39-25-9-12-31(28(35)18-25)43-20-22-6-5-7-24(36)16-22/h5-13,16-18,21H,14-15,19-20H2,1-4H3,(H,37,38,39)/i19D2,20D2. The lowest BCUT2D eigenvalue weighted by Crippen LogP contribution is -2.37. The zero-order valence-corrected chi connectivity index (χ0v) is 27.4. The lowest BCUT2D eigenvalue weighted by molar-refractivity contribution is -0.160. The summed E-state index contributed by atoms with van der Waals surface area (Å²) in [5.74, 6) is 0.254. The van der Waals surface area contributed by atoms with Crippen LogP contribution in [0.2, 0.25) is 5.02 Å². The summed E-state index contributed by atoms with van der Waals surface area (Å²) in [5.41, 5.74) is 0.817. The van der Waals surface area contributed by atoms with E-state index >= 15 is 0 Å². The van der Waals surface area contributed by atoms with Crippen molar-refractivity contribution in [3.8, 4) is 17.1 Å². The first-order valence-electron chi connectivity index (χ1n) is 16.3. The van der Waals surface area contributed by atoms with Gasteiger partial charge in [-0.25, -0.2) is 24.0 Å². The summed E-state index contributed by atoms with van der Waals surface area (Å²) in [7, 11) is 1.34. The molecule has 0 saturated carbocycles. The van der Waals surface area contributed by atoms with Crippen LogP contribution >= 0.6 is 23.6 Å². The number of halogens is 2. The van der Waals surface area contributed by atoms with Gasteiger partial charge in [-0.1, -0.05) is 23.7 Å². The van der Waals surface area contributed by atoms with Crippen LogP contribution < -0.4 is 10.1 Å². The van der Waals surface area contributed by atoms with Gasteiger partial charge in [0.1, 0.15) is 47.4 Å². The van der Waals surface area contributed by atoms with Gasteiger partial charge in [0.05, 0.1) is 29.6 Å². The maximum atomic E-state index is 13.7. The van der Waals surface area contributed by atoms with Gasteiger partial charge in [-0.3, -0.25) is 4.90 Å². The van der Waals surface area contributed by atoms with Gasteiger partial charge in [0.25, 0.3) is 0 Å². The molecule has 0 unspecified atom stereocenters. The number of carbonyl (C=O) groups excluding carboxylic acids is 1.